The average Bonchev–Trinajstić information content (AvgIpc) is 2.15. The van der Waals surface area contributed by atoms with Gasteiger partial charge in [0.25, 0.3) is 0 Å². The minimum atomic E-state index is -0.407. The summed E-state index contributed by atoms with van der Waals surface area (Å²) in [6, 6.07) is 0. The van der Waals surface area contributed by atoms with Gasteiger partial charge in [0, 0.05) is 40.3 Å². The Hall–Kier alpha value is -0.810. The quantitative estimate of drug-likeness (QED) is 0.672. The molecule has 1 rings (SSSR count). The summed E-state index contributed by atoms with van der Waals surface area (Å²) in [4.78, 5) is 13.5. The van der Waals surface area contributed by atoms with Crippen molar-refractivity contribution in [2.45, 2.75) is 26.4 Å². The number of hydrogen-bond acceptors (Lipinski definition) is 4. The molecule has 0 aromatic heterocycles. The summed E-state index contributed by atoms with van der Waals surface area (Å²) in [5.74, 6) is 0. The average molecular weight is 229 g/mol. The molecule has 0 radical (unpaired) electrons. The molecule has 16 heavy (non-hydrogen) atoms. The maximum Gasteiger partial charge on any atom is 0.410 e. The molecule has 1 fully saturated rings. The predicted molar refractivity (Wildman–Crippen MR) is 63.1 cm³/mol. The van der Waals surface area contributed by atoms with E-state index in [2.05, 4.69) is 10.0 Å². The van der Waals surface area contributed by atoms with Crippen molar-refractivity contribution < 1.29 is 9.53 Å². The Morgan fingerprint density at radius 3 is 2.00 bits per heavy atom. The van der Waals surface area contributed by atoms with E-state index in [0.717, 1.165) is 26.2 Å². The van der Waals surface area contributed by atoms with Gasteiger partial charge in [-0.1, -0.05) is 0 Å². The lowest BCUT2D eigenvalue weighted by atomic mass is 10.2. The van der Waals surface area contributed by atoms with Gasteiger partial charge in [0.15, 0.2) is 0 Å². The molecule has 0 saturated carbocycles. The fourth-order valence-electron chi connectivity index (χ4n) is 1.60. The van der Waals surface area contributed by atoms with Crippen molar-refractivity contribution in [3.05, 3.63) is 0 Å². The molecule has 5 nitrogen and oxygen atoms in total. The van der Waals surface area contributed by atoms with Crippen LogP contribution in [0.5, 0.6) is 0 Å². The summed E-state index contributed by atoms with van der Waals surface area (Å²) in [5, 5.41) is 4.27. The van der Waals surface area contributed by atoms with Gasteiger partial charge in [-0.25, -0.2) is 14.8 Å². The predicted octanol–water partition coefficient (Wildman–Crippen LogP) is 1.02. The van der Waals surface area contributed by atoms with Gasteiger partial charge in [-0.3, -0.25) is 0 Å². The molecule has 0 atom stereocenters. The van der Waals surface area contributed by atoms with Gasteiger partial charge in [-0.05, 0) is 20.8 Å². The highest BCUT2D eigenvalue weighted by atomic mass is 16.6. The smallest absolute Gasteiger partial charge is 0.410 e. The number of ether oxygens (including phenoxy) is 1. The van der Waals surface area contributed by atoms with Crippen LogP contribution in [0.15, 0.2) is 0 Å². The zero-order valence-corrected chi connectivity index (χ0v) is 11.0. The Morgan fingerprint density at radius 1 is 1.12 bits per heavy atom. The van der Waals surface area contributed by atoms with E-state index < -0.39 is 5.60 Å². The first kappa shape index (κ1) is 13.3. The van der Waals surface area contributed by atoms with E-state index in [-0.39, 0.29) is 6.09 Å². The summed E-state index contributed by atoms with van der Waals surface area (Å²) >= 11 is 0. The number of piperazine rings is 1. The first-order valence-corrected chi connectivity index (χ1v) is 5.70. The van der Waals surface area contributed by atoms with E-state index in [4.69, 9.17) is 4.74 Å². The fourth-order valence-corrected chi connectivity index (χ4v) is 1.60. The highest BCUT2D eigenvalue weighted by molar-refractivity contribution is 5.68. The van der Waals surface area contributed by atoms with E-state index in [1.807, 2.05) is 34.9 Å². The van der Waals surface area contributed by atoms with Crippen molar-refractivity contribution in [1.82, 2.24) is 14.9 Å². The number of rotatable bonds is 1. The van der Waals surface area contributed by atoms with Crippen LogP contribution in [0, 0.1) is 0 Å². The van der Waals surface area contributed by atoms with Crippen molar-refractivity contribution >= 4 is 6.09 Å². The molecule has 0 aromatic rings. The van der Waals surface area contributed by atoms with Crippen LogP contribution in [0.1, 0.15) is 20.8 Å². The van der Waals surface area contributed by atoms with E-state index in [0.29, 0.717) is 0 Å². The third kappa shape index (κ3) is 3.98. The Bertz CT molecular complexity index is 240. The zero-order valence-electron chi connectivity index (χ0n) is 11.0. The van der Waals surface area contributed by atoms with Gasteiger partial charge in [0.1, 0.15) is 5.60 Å². The third-order valence-corrected chi connectivity index (χ3v) is 2.47. The van der Waals surface area contributed by atoms with Crippen LogP contribution >= 0.6 is 0 Å². The number of hydrogen-bond donors (Lipinski definition) is 0. The van der Waals surface area contributed by atoms with Crippen LogP contribution in [0.3, 0.4) is 0 Å². The third-order valence-electron chi connectivity index (χ3n) is 2.47. The van der Waals surface area contributed by atoms with Crippen molar-refractivity contribution in [2.75, 3.05) is 40.3 Å². The van der Waals surface area contributed by atoms with E-state index >= 15 is 0 Å². The lowest BCUT2D eigenvalue weighted by Gasteiger charge is -2.38. The minimum Gasteiger partial charge on any atom is -0.444 e. The molecule has 1 saturated heterocycles. The molecule has 0 aromatic carbocycles. The van der Waals surface area contributed by atoms with Gasteiger partial charge in [0.05, 0.1) is 0 Å². The molecule has 1 amide bonds. The second-order valence-corrected chi connectivity index (χ2v) is 5.27. The standard InChI is InChI=1S/C11H23N3O2/c1-11(2,3)16-10(15)13-6-8-14(9-7-13)12(4)5/h6-9H2,1-5H3. The summed E-state index contributed by atoms with van der Waals surface area (Å²) in [6.07, 6.45) is -0.203. The van der Waals surface area contributed by atoms with Gasteiger partial charge in [-0.2, -0.15) is 0 Å². The number of nitrogens with zero attached hydrogens (tertiary/aromatic N) is 3. The highest BCUT2D eigenvalue weighted by Gasteiger charge is 2.26. The number of carbonyl (C=O) groups is 1. The minimum absolute atomic E-state index is 0.203. The topological polar surface area (TPSA) is 36.0 Å². The second kappa shape index (κ2) is 5.01. The molecule has 1 aliphatic heterocycles. The van der Waals surface area contributed by atoms with Crippen LogP contribution in [-0.4, -0.2) is 66.9 Å². The van der Waals surface area contributed by atoms with Gasteiger partial charge in [0.2, 0.25) is 0 Å². The summed E-state index contributed by atoms with van der Waals surface area (Å²) < 4.78 is 5.33. The summed E-state index contributed by atoms with van der Waals surface area (Å²) in [5.41, 5.74) is -0.407. The maximum atomic E-state index is 11.8. The molecule has 5 heteroatoms. The van der Waals surface area contributed by atoms with Crippen molar-refractivity contribution in [3.8, 4) is 0 Å². The monoisotopic (exact) mass is 229 g/mol. The SMILES string of the molecule is CN(C)N1CCN(C(=O)OC(C)(C)C)CC1. The maximum absolute atomic E-state index is 11.8. The number of carbonyl (C=O) groups excluding carboxylic acids is 1. The molecular weight excluding hydrogens is 206 g/mol. The van der Waals surface area contributed by atoms with E-state index in [1.54, 1.807) is 4.90 Å². The first-order chi connectivity index (χ1) is 7.29. The molecule has 1 heterocycles. The molecule has 0 N–H and O–H groups in total. The van der Waals surface area contributed by atoms with Gasteiger partial charge in [-0.15, -0.1) is 0 Å². The highest BCUT2D eigenvalue weighted by Crippen LogP contribution is 2.11. The molecular formula is C11H23N3O2. The molecule has 0 bridgehead atoms. The zero-order chi connectivity index (χ0) is 12.3. The first-order valence-electron chi connectivity index (χ1n) is 5.70. The molecule has 0 spiro atoms. The summed E-state index contributed by atoms with van der Waals surface area (Å²) in [6.45, 7) is 8.86. The van der Waals surface area contributed by atoms with Crippen LogP contribution < -0.4 is 0 Å². The Balaban J connectivity index is 2.39. The number of hydrazine groups is 1. The van der Waals surface area contributed by atoms with Gasteiger partial charge >= 0.3 is 6.09 Å². The molecule has 0 unspecified atom stereocenters. The normalized spacial score (nSPS) is 19.0. The second-order valence-electron chi connectivity index (χ2n) is 5.27. The largest absolute Gasteiger partial charge is 0.444 e. The van der Waals surface area contributed by atoms with Crippen LogP contribution in [-0.2, 0) is 4.74 Å². The lowest BCUT2D eigenvalue weighted by Crippen LogP contribution is -2.53. The van der Waals surface area contributed by atoms with E-state index in [9.17, 15) is 4.79 Å². The van der Waals surface area contributed by atoms with Crippen molar-refractivity contribution in [3.63, 3.8) is 0 Å². The molecule has 1 aliphatic rings. The van der Waals surface area contributed by atoms with Crippen molar-refractivity contribution in [2.24, 2.45) is 0 Å². The Kier molecular flexibility index (Phi) is 4.15. The fraction of sp³-hybridized carbons (Fsp3) is 0.909. The number of amides is 1. The summed E-state index contributed by atoms with van der Waals surface area (Å²) in [7, 11) is 4.03. The van der Waals surface area contributed by atoms with Crippen LogP contribution in [0.4, 0.5) is 4.79 Å². The van der Waals surface area contributed by atoms with Crippen LogP contribution in [0.2, 0.25) is 0 Å². The van der Waals surface area contributed by atoms with Crippen molar-refractivity contribution in [1.29, 1.82) is 0 Å². The lowest BCUT2D eigenvalue weighted by molar-refractivity contribution is -0.0309. The molecule has 0 aliphatic carbocycles. The Morgan fingerprint density at radius 2 is 1.62 bits per heavy atom. The molecule has 94 valence electrons. The van der Waals surface area contributed by atoms with Crippen LogP contribution in [0.25, 0.3) is 0 Å². The van der Waals surface area contributed by atoms with Gasteiger partial charge < -0.3 is 9.64 Å². The Labute approximate surface area is 97.9 Å². The van der Waals surface area contributed by atoms with E-state index in [1.165, 1.54) is 0 Å².